The lowest BCUT2D eigenvalue weighted by Crippen LogP contribution is -2.43. The lowest BCUT2D eigenvalue weighted by atomic mass is 9.98. The van der Waals surface area contributed by atoms with Crippen molar-refractivity contribution in [1.29, 1.82) is 0 Å². The van der Waals surface area contributed by atoms with Gasteiger partial charge in [-0.3, -0.25) is 4.79 Å². The second-order valence-corrected chi connectivity index (χ2v) is 5.33. The zero-order chi connectivity index (χ0) is 13.1. The molecular weight excluding hydrogens is 230 g/mol. The number of carbonyl (C=O) groups is 1. The summed E-state index contributed by atoms with van der Waals surface area (Å²) in [7, 11) is 0. The van der Waals surface area contributed by atoms with Crippen molar-refractivity contribution in [1.82, 2.24) is 25.6 Å². The summed E-state index contributed by atoms with van der Waals surface area (Å²) in [5.74, 6) is 0.878. The fraction of sp³-hybridized carbons (Fsp3) is 0.750. The third-order valence-corrected chi connectivity index (χ3v) is 3.60. The minimum atomic E-state index is -0.138. The Morgan fingerprint density at radius 2 is 2.28 bits per heavy atom. The van der Waals surface area contributed by atoms with E-state index in [-0.39, 0.29) is 5.91 Å². The van der Waals surface area contributed by atoms with Gasteiger partial charge in [0.05, 0.1) is 12.2 Å². The van der Waals surface area contributed by atoms with Crippen molar-refractivity contribution in [3.8, 4) is 0 Å². The van der Waals surface area contributed by atoms with Crippen LogP contribution in [0.4, 0.5) is 0 Å². The summed E-state index contributed by atoms with van der Waals surface area (Å²) in [6.07, 6.45) is 1.72. The van der Waals surface area contributed by atoms with E-state index in [1.165, 1.54) is 0 Å². The van der Waals surface area contributed by atoms with Gasteiger partial charge in [0, 0.05) is 19.6 Å². The average molecular weight is 251 g/mol. The first-order chi connectivity index (χ1) is 8.58. The van der Waals surface area contributed by atoms with Gasteiger partial charge in [-0.15, -0.1) is 5.10 Å². The number of carbonyl (C=O) groups excluding carboxylic acids is 1. The van der Waals surface area contributed by atoms with Crippen LogP contribution in [0.15, 0.2) is 6.20 Å². The average Bonchev–Trinajstić information content (AvgIpc) is 2.72. The topological polar surface area (TPSA) is 71.8 Å². The number of hydrogen-bond acceptors (Lipinski definition) is 4. The van der Waals surface area contributed by atoms with Crippen molar-refractivity contribution in [2.24, 2.45) is 11.8 Å². The number of aromatic nitrogens is 3. The molecule has 0 bridgehead atoms. The largest absolute Gasteiger partial charge is 0.350 e. The van der Waals surface area contributed by atoms with Gasteiger partial charge < -0.3 is 10.6 Å². The highest BCUT2D eigenvalue weighted by Crippen LogP contribution is 2.10. The zero-order valence-corrected chi connectivity index (χ0v) is 11.2. The first-order valence-corrected chi connectivity index (χ1v) is 6.48. The van der Waals surface area contributed by atoms with Gasteiger partial charge in [0.1, 0.15) is 0 Å². The van der Waals surface area contributed by atoms with E-state index in [0.29, 0.717) is 30.1 Å². The molecule has 0 saturated carbocycles. The maximum absolute atomic E-state index is 11.9. The Morgan fingerprint density at radius 1 is 1.56 bits per heavy atom. The van der Waals surface area contributed by atoms with Crippen molar-refractivity contribution < 1.29 is 4.79 Å². The van der Waals surface area contributed by atoms with E-state index in [1.807, 2.05) is 0 Å². The van der Waals surface area contributed by atoms with Crippen molar-refractivity contribution in [3.63, 3.8) is 0 Å². The minimum Gasteiger partial charge on any atom is -0.350 e. The van der Waals surface area contributed by atoms with Crippen LogP contribution in [0.2, 0.25) is 0 Å². The van der Waals surface area contributed by atoms with Crippen LogP contribution < -0.4 is 10.6 Å². The number of nitrogens with one attached hydrogen (secondary N) is 2. The van der Waals surface area contributed by atoms with Crippen LogP contribution >= 0.6 is 0 Å². The van der Waals surface area contributed by atoms with E-state index in [4.69, 9.17) is 0 Å². The molecular formula is C12H21N5O. The molecule has 1 atom stereocenters. The molecule has 1 aromatic rings. The van der Waals surface area contributed by atoms with Crippen LogP contribution in [0, 0.1) is 11.8 Å². The minimum absolute atomic E-state index is 0.138. The standard InChI is InChI=1S/C12H21N5O/c1-8(2)9(3)4-14-12(18)11-7-17(16-15-11)10-5-13-6-10/h7-10,13H,4-6H2,1-3H3,(H,14,18). The van der Waals surface area contributed by atoms with Crippen LogP contribution in [0.1, 0.15) is 37.3 Å². The fourth-order valence-corrected chi connectivity index (χ4v) is 1.60. The summed E-state index contributed by atoms with van der Waals surface area (Å²) < 4.78 is 1.76. The molecule has 2 rings (SSSR count). The first kappa shape index (κ1) is 13.0. The van der Waals surface area contributed by atoms with Gasteiger partial charge in [0.2, 0.25) is 0 Å². The quantitative estimate of drug-likeness (QED) is 0.797. The maximum atomic E-state index is 11.9. The summed E-state index contributed by atoms with van der Waals surface area (Å²) in [5, 5.41) is 14.0. The molecule has 0 aromatic carbocycles. The predicted octanol–water partition coefficient (Wildman–Crippen LogP) is 0.444. The molecule has 0 spiro atoms. The highest BCUT2D eigenvalue weighted by molar-refractivity contribution is 5.91. The van der Waals surface area contributed by atoms with E-state index in [2.05, 4.69) is 41.7 Å². The van der Waals surface area contributed by atoms with Crippen molar-refractivity contribution in [2.75, 3.05) is 19.6 Å². The van der Waals surface area contributed by atoms with E-state index in [0.717, 1.165) is 13.1 Å². The van der Waals surface area contributed by atoms with Crippen molar-refractivity contribution in [2.45, 2.75) is 26.8 Å². The van der Waals surface area contributed by atoms with Gasteiger partial charge in [-0.1, -0.05) is 26.0 Å². The number of amides is 1. The fourth-order valence-electron chi connectivity index (χ4n) is 1.60. The normalized spacial score (nSPS) is 17.6. The molecule has 1 aliphatic heterocycles. The third-order valence-electron chi connectivity index (χ3n) is 3.60. The number of rotatable bonds is 5. The summed E-state index contributed by atoms with van der Waals surface area (Å²) in [5.41, 5.74) is 0.401. The second kappa shape index (κ2) is 5.48. The Hall–Kier alpha value is -1.43. The molecule has 6 heteroatoms. The van der Waals surface area contributed by atoms with E-state index in [9.17, 15) is 4.79 Å². The lowest BCUT2D eigenvalue weighted by Gasteiger charge is -2.26. The Kier molecular flexibility index (Phi) is 3.96. The van der Waals surface area contributed by atoms with Gasteiger partial charge in [-0.05, 0) is 11.8 Å². The predicted molar refractivity (Wildman–Crippen MR) is 68.3 cm³/mol. The van der Waals surface area contributed by atoms with Crippen LogP contribution in [0.3, 0.4) is 0 Å². The number of hydrogen-bond donors (Lipinski definition) is 2. The Balaban J connectivity index is 1.86. The van der Waals surface area contributed by atoms with Crippen molar-refractivity contribution in [3.05, 3.63) is 11.9 Å². The molecule has 18 heavy (non-hydrogen) atoms. The Morgan fingerprint density at radius 3 is 2.83 bits per heavy atom. The second-order valence-electron chi connectivity index (χ2n) is 5.33. The van der Waals surface area contributed by atoms with Gasteiger partial charge in [-0.25, -0.2) is 4.68 Å². The van der Waals surface area contributed by atoms with Gasteiger partial charge in [0.15, 0.2) is 5.69 Å². The summed E-state index contributed by atoms with van der Waals surface area (Å²) in [6.45, 7) is 8.90. The van der Waals surface area contributed by atoms with Crippen LogP contribution in [0.5, 0.6) is 0 Å². The molecule has 1 fully saturated rings. The molecule has 1 unspecified atom stereocenters. The van der Waals surface area contributed by atoms with E-state index in [1.54, 1.807) is 10.9 Å². The van der Waals surface area contributed by atoms with Crippen LogP contribution in [-0.2, 0) is 0 Å². The molecule has 100 valence electrons. The summed E-state index contributed by atoms with van der Waals surface area (Å²) >= 11 is 0. The van der Waals surface area contributed by atoms with E-state index >= 15 is 0 Å². The third kappa shape index (κ3) is 2.87. The van der Waals surface area contributed by atoms with E-state index < -0.39 is 0 Å². The van der Waals surface area contributed by atoms with Crippen molar-refractivity contribution >= 4 is 5.91 Å². The highest BCUT2D eigenvalue weighted by Gasteiger charge is 2.21. The molecule has 1 aliphatic rings. The molecule has 2 heterocycles. The highest BCUT2D eigenvalue weighted by atomic mass is 16.2. The lowest BCUT2D eigenvalue weighted by molar-refractivity contribution is 0.0940. The van der Waals surface area contributed by atoms with Gasteiger partial charge in [0.25, 0.3) is 5.91 Å². The van der Waals surface area contributed by atoms with Gasteiger partial charge >= 0.3 is 0 Å². The summed E-state index contributed by atoms with van der Waals surface area (Å²) in [4.78, 5) is 11.9. The van der Waals surface area contributed by atoms with Crippen LogP contribution in [0.25, 0.3) is 0 Å². The molecule has 6 nitrogen and oxygen atoms in total. The zero-order valence-electron chi connectivity index (χ0n) is 11.2. The van der Waals surface area contributed by atoms with Gasteiger partial charge in [-0.2, -0.15) is 0 Å². The SMILES string of the molecule is CC(C)C(C)CNC(=O)c1cn(C2CNC2)nn1. The smallest absolute Gasteiger partial charge is 0.273 e. The molecule has 0 aliphatic carbocycles. The molecule has 2 N–H and O–H groups in total. The van der Waals surface area contributed by atoms with Crippen LogP contribution in [-0.4, -0.2) is 40.5 Å². The molecule has 1 aromatic heterocycles. The summed E-state index contributed by atoms with van der Waals surface area (Å²) in [6, 6.07) is 0.341. The maximum Gasteiger partial charge on any atom is 0.273 e. The first-order valence-electron chi connectivity index (χ1n) is 6.48. The molecule has 1 saturated heterocycles. The monoisotopic (exact) mass is 251 g/mol. The Bertz CT molecular complexity index is 410. The Labute approximate surface area is 107 Å². The molecule has 1 amide bonds. The number of nitrogens with zero attached hydrogens (tertiary/aromatic N) is 3. The molecule has 0 radical (unpaired) electrons.